The van der Waals surface area contributed by atoms with Crippen LogP contribution in [0.5, 0.6) is 0 Å². The van der Waals surface area contributed by atoms with Gasteiger partial charge in [0.1, 0.15) is 6.04 Å². The first-order chi connectivity index (χ1) is 9.01. The molecule has 0 bridgehead atoms. The van der Waals surface area contributed by atoms with Gasteiger partial charge in [0.2, 0.25) is 0 Å². The van der Waals surface area contributed by atoms with E-state index in [0.717, 1.165) is 25.7 Å². The van der Waals surface area contributed by atoms with E-state index in [1.54, 1.807) is 0 Å². The Labute approximate surface area is 117 Å². The molecule has 1 aliphatic carbocycles. The van der Waals surface area contributed by atoms with E-state index in [2.05, 4.69) is 0 Å². The van der Waals surface area contributed by atoms with Gasteiger partial charge in [-0.05, 0) is 31.6 Å². The molecule has 0 aromatic heterocycles. The van der Waals surface area contributed by atoms with Crippen LogP contribution < -0.4 is 0 Å². The van der Waals surface area contributed by atoms with Gasteiger partial charge in [-0.3, -0.25) is 4.79 Å². The zero-order valence-electron chi connectivity index (χ0n) is 10.6. The van der Waals surface area contributed by atoms with Gasteiger partial charge in [-0.1, -0.05) is 0 Å². The number of rotatable bonds is 4. The second-order valence-corrected chi connectivity index (χ2v) is 8.34. The van der Waals surface area contributed by atoms with Crippen molar-refractivity contribution < 1.29 is 18.3 Å². The Morgan fingerprint density at radius 1 is 1.21 bits per heavy atom. The number of carboxylic acids is 1. The summed E-state index contributed by atoms with van der Waals surface area (Å²) in [5, 5.41) is 9.10. The molecule has 0 amide bonds. The first kappa shape index (κ1) is 13.7. The maximum atomic E-state index is 12.7. The van der Waals surface area contributed by atoms with Gasteiger partial charge < -0.3 is 5.11 Å². The van der Waals surface area contributed by atoms with Crippen LogP contribution in [0.3, 0.4) is 0 Å². The zero-order chi connectivity index (χ0) is 13.6. The Hall–Kier alpha value is -0.310. The third-order valence-corrected chi connectivity index (χ3v) is 7.58. The lowest BCUT2D eigenvalue weighted by atomic mass is 10.3. The van der Waals surface area contributed by atoms with E-state index < -0.39 is 22.2 Å². The van der Waals surface area contributed by atoms with Gasteiger partial charge in [-0.25, -0.2) is 0 Å². The fourth-order valence-electron chi connectivity index (χ4n) is 2.76. The van der Waals surface area contributed by atoms with Gasteiger partial charge in [-0.2, -0.15) is 17.0 Å². The number of carboxylic acid groups (broad SMARTS) is 1. The number of thioether (sulfide) groups is 1. The first-order valence-electron chi connectivity index (χ1n) is 6.65. The van der Waals surface area contributed by atoms with Gasteiger partial charge in [0.15, 0.2) is 0 Å². The minimum absolute atomic E-state index is 0.174. The van der Waals surface area contributed by atoms with Crippen LogP contribution in [0.25, 0.3) is 0 Å². The lowest BCUT2D eigenvalue weighted by Crippen LogP contribution is -2.51. The average molecular weight is 306 g/mol. The molecule has 3 aliphatic rings. The SMILES string of the molecule is O=C(O)C1CSC(C2CC2)N1S(=O)(=O)N1CCCC1. The summed E-state index contributed by atoms with van der Waals surface area (Å²) in [6, 6.07) is -0.902. The van der Waals surface area contributed by atoms with Crippen molar-refractivity contribution in [1.82, 2.24) is 8.61 Å². The molecule has 8 heteroatoms. The topological polar surface area (TPSA) is 77.9 Å². The fraction of sp³-hybridized carbons (Fsp3) is 0.909. The summed E-state index contributed by atoms with van der Waals surface area (Å²) in [7, 11) is -3.62. The summed E-state index contributed by atoms with van der Waals surface area (Å²) in [5.41, 5.74) is 0. The molecule has 0 aromatic rings. The smallest absolute Gasteiger partial charge is 0.322 e. The van der Waals surface area contributed by atoms with Crippen LogP contribution in [-0.4, -0.2) is 58.4 Å². The fourth-order valence-corrected chi connectivity index (χ4v) is 6.80. The van der Waals surface area contributed by atoms with Crippen molar-refractivity contribution >= 4 is 27.9 Å². The van der Waals surface area contributed by atoms with Crippen LogP contribution in [0.4, 0.5) is 0 Å². The van der Waals surface area contributed by atoms with Gasteiger partial charge in [0.25, 0.3) is 10.2 Å². The third kappa shape index (κ3) is 2.39. The van der Waals surface area contributed by atoms with Gasteiger partial charge in [0.05, 0.1) is 5.37 Å². The van der Waals surface area contributed by atoms with Crippen LogP contribution in [0.2, 0.25) is 0 Å². The highest BCUT2D eigenvalue weighted by Crippen LogP contribution is 2.47. The number of nitrogens with zero attached hydrogens (tertiary/aromatic N) is 2. The van der Waals surface area contributed by atoms with Gasteiger partial charge in [0, 0.05) is 18.8 Å². The zero-order valence-corrected chi connectivity index (χ0v) is 12.2. The number of aliphatic carboxylic acids is 1. The molecule has 3 fully saturated rings. The molecule has 0 radical (unpaired) electrons. The summed E-state index contributed by atoms with van der Waals surface area (Å²) in [5.74, 6) is -0.325. The molecule has 2 saturated heterocycles. The Bertz CT molecular complexity index is 471. The van der Waals surface area contributed by atoms with E-state index in [1.807, 2.05) is 0 Å². The predicted molar refractivity (Wildman–Crippen MR) is 72.0 cm³/mol. The molecular formula is C11H18N2O4S2. The summed E-state index contributed by atoms with van der Waals surface area (Å²) >= 11 is 1.48. The number of hydrogen-bond acceptors (Lipinski definition) is 4. The number of hydrogen-bond donors (Lipinski definition) is 1. The van der Waals surface area contributed by atoms with Crippen molar-refractivity contribution in [3.63, 3.8) is 0 Å². The summed E-state index contributed by atoms with van der Waals surface area (Å²) in [4.78, 5) is 11.3. The Kier molecular flexibility index (Phi) is 3.53. The van der Waals surface area contributed by atoms with E-state index in [4.69, 9.17) is 0 Å². The minimum Gasteiger partial charge on any atom is -0.480 e. The first-order valence-corrected chi connectivity index (χ1v) is 9.09. The van der Waals surface area contributed by atoms with E-state index in [-0.39, 0.29) is 5.37 Å². The Morgan fingerprint density at radius 3 is 2.37 bits per heavy atom. The van der Waals surface area contributed by atoms with E-state index in [9.17, 15) is 18.3 Å². The maximum absolute atomic E-state index is 12.7. The minimum atomic E-state index is -3.62. The monoisotopic (exact) mass is 306 g/mol. The normalized spacial score (nSPS) is 33.9. The van der Waals surface area contributed by atoms with Gasteiger partial charge in [-0.15, -0.1) is 11.8 Å². The Morgan fingerprint density at radius 2 is 1.84 bits per heavy atom. The lowest BCUT2D eigenvalue weighted by molar-refractivity contribution is -0.140. The maximum Gasteiger partial charge on any atom is 0.322 e. The van der Waals surface area contributed by atoms with Crippen molar-refractivity contribution in [2.45, 2.75) is 37.1 Å². The molecular weight excluding hydrogens is 288 g/mol. The van der Waals surface area contributed by atoms with Crippen molar-refractivity contribution in [3.8, 4) is 0 Å². The number of carbonyl (C=O) groups is 1. The van der Waals surface area contributed by atoms with Crippen molar-refractivity contribution in [2.75, 3.05) is 18.8 Å². The van der Waals surface area contributed by atoms with Gasteiger partial charge >= 0.3 is 5.97 Å². The van der Waals surface area contributed by atoms with Crippen LogP contribution in [-0.2, 0) is 15.0 Å². The van der Waals surface area contributed by atoms with Crippen LogP contribution in [0.15, 0.2) is 0 Å². The molecule has 0 spiro atoms. The standard InChI is InChI=1S/C11H18N2O4S2/c14-11(15)9-7-18-10(8-3-4-8)13(9)19(16,17)12-5-1-2-6-12/h8-10H,1-7H2,(H,14,15). The molecule has 3 rings (SSSR count). The molecule has 1 saturated carbocycles. The molecule has 19 heavy (non-hydrogen) atoms. The highest BCUT2D eigenvalue weighted by atomic mass is 32.2. The molecule has 0 aromatic carbocycles. The van der Waals surface area contributed by atoms with Crippen LogP contribution in [0.1, 0.15) is 25.7 Å². The third-order valence-electron chi connectivity index (χ3n) is 3.95. The van der Waals surface area contributed by atoms with Crippen molar-refractivity contribution in [1.29, 1.82) is 0 Å². The predicted octanol–water partition coefficient (Wildman–Crippen LogP) is 0.565. The largest absolute Gasteiger partial charge is 0.480 e. The summed E-state index contributed by atoms with van der Waals surface area (Å²) < 4.78 is 28.1. The molecule has 2 unspecified atom stereocenters. The average Bonchev–Trinajstić information content (AvgIpc) is 2.91. The molecule has 1 N–H and O–H groups in total. The lowest BCUT2D eigenvalue weighted by Gasteiger charge is -2.30. The second kappa shape index (κ2) is 4.91. The van der Waals surface area contributed by atoms with E-state index in [0.29, 0.717) is 24.8 Å². The molecule has 6 nitrogen and oxygen atoms in total. The van der Waals surface area contributed by atoms with E-state index in [1.165, 1.54) is 20.4 Å². The molecule has 2 aliphatic heterocycles. The molecule has 108 valence electrons. The quantitative estimate of drug-likeness (QED) is 0.821. The van der Waals surface area contributed by atoms with E-state index >= 15 is 0 Å². The second-order valence-electron chi connectivity index (χ2n) is 5.36. The summed E-state index contributed by atoms with van der Waals surface area (Å²) in [6.45, 7) is 1.04. The van der Waals surface area contributed by atoms with Crippen LogP contribution >= 0.6 is 11.8 Å². The highest BCUT2D eigenvalue weighted by Gasteiger charge is 2.52. The van der Waals surface area contributed by atoms with Crippen LogP contribution in [0, 0.1) is 5.92 Å². The molecule has 2 atom stereocenters. The summed E-state index contributed by atoms with van der Waals surface area (Å²) in [6.07, 6.45) is 3.75. The van der Waals surface area contributed by atoms with Crippen molar-refractivity contribution in [2.24, 2.45) is 5.92 Å². The molecule has 2 heterocycles. The highest BCUT2D eigenvalue weighted by molar-refractivity contribution is 8.01. The Balaban J connectivity index is 1.90. The van der Waals surface area contributed by atoms with Crippen molar-refractivity contribution in [3.05, 3.63) is 0 Å².